The Balaban J connectivity index is 1.74. The molecule has 0 amide bonds. The number of hydrogen-bond acceptors (Lipinski definition) is 4. The molecule has 0 radical (unpaired) electrons. The summed E-state index contributed by atoms with van der Waals surface area (Å²) in [5.74, 6) is 0.844. The Morgan fingerprint density at radius 1 is 1.50 bits per heavy atom. The Kier molecular flexibility index (Phi) is 5.13. The third kappa shape index (κ3) is 4.07. The molecule has 0 aliphatic heterocycles. The SMILES string of the molecule is CC1CCCC(NCc2cn(CCCO)nn2)C1. The Morgan fingerprint density at radius 3 is 3.17 bits per heavy atom. The Labute approximate surface area is 109 Å². The van der Waals surface area contributed by atoms with Gasteiger partial charge in [-0.3, -0.25) is 4.68 Å². The minimum atomic E-state index is 0.202. The van der Waals surface area contributed by atoms with Crippen LogP contribution in [-0.4, -0.2) is 32.7 Å². The van der Waals surface area contributed by atoms with Gasteiger partial charge >= 0.3 is 0 Å². The first kappa shape index (κ1) is 13.5. The van der Waals surface area contributed by atoms with Crippen LogP contribution in [0.5, 0.6) is 0 Å². The van der Waals surface area contributed by atoms with Crippen LogP contribution in [0.25, 0.3) is 0 Å². The van der Waals surface area contributed by atoms with Gasteiger partial charge in [0.05, 0.1) is 5.69 Å². The molecule has 2 atom stereocenters. The van der Waals surface area contributed by atoms with Gasteiger partial charge in [0.1, 0.15) is 0 Å². The highest BCUT2D eigenvalue weighted by Crippen LogP contribution is 2.23. The zero-order valence-electron chi connectivity index (χ0n) is 11.2. The van der Waals surface area contributed by atoms with Gasteiger partial charge in [-0.1, -0.05) is 25.0 Å². The van der Waals surface area contributed by atoms with Crippen LogP contribution in [0, 0.1) is 5.92 Å². The fraction of sp³-hybridized carbons (Fsp3) is 0.846. The molecular weight excluding hydrogens is 228 g/mol. The van der Waals surface area contributed by atoms with Crippen LogP contribution < -0.4 is 5.32 Å². The second-order valence-corrected chi connectivity index (χ2v) is 5.40. The average Bonchev–Trinajstić information content (AvgIpc) is 2.82. The third-order valence-electron chi connectivity index (χ3n) is 3.64. The molecule has 1 saturated carbocycles. The number of aromatic nitrogens is 3. The standard InChI is InChI=1S/C13H24N4O/c1-11-4-2-5-12(8-11)14-9-13-10-17(16-15-13)6-3-7-18/h10-12,14,18H,2-9H2,1H3. The average molecular weight is 252 g/mol. The Hall–Kier alpha value is -0.940. The highest BCUT2D eigenvalue weighted by atomic mass is 16.3. The van der Waals surface area contributed by atoms with E-state index in [4.69, 9.17) is 5.11 Å². The van der Waals surface area contributed by atoms with Crippen molar-refractivity contribution in [3.8, 4) is 0 Å². The van der Waals surface area contributed by atoms with E-state index >= 15 is 0 Å². The maximum Gasteiger partial charge on any atom is 0.0964 e. The van der Waals surface area contributed by atoms with E-state index in [0.29, 0.717) is 6.04 Å². The number of aryl methyl sites for hydroxylation is 1. The second-order valence-electron chi connectivity index (χ2n) is 5.40. The summed E-state index contributed by atoms with van der Waals surface area (Å²) in [6.07, 6.45) is 7.96. The van der Waals surface area contributed by atoms with Gasteiger partial charge in [-0.15, -0.1) is 5.10 Å². The van der Waals surface area contributed by atoms with E-state index in [9.17, 15) is 0 Å². The number of nitrogens with zero attached hydrogens (tertiary/aromatic N) is 3. The largest absolute Gasteiger partial charge is 0.396 e. The lowest BCUT2D eigenvalue weighted by atomic mass is 9.87. The summed E-state index contributed by atoms with van der Waals surface area (Å²) in [4.78, 5) is 0. The molecule has 1 aromatic rings. The quantitative estimate of drug-likeness (QED) is 0.801. The van der Waals surface area contributed by atoms with Gasteiger partial charge in [0, 0.05) is 31.9 Å². The lowest BCUT2D eigenvalue weighted by Gasteiger charge is -2.27. The van der Waals surface area contributed by atoms with E-state index in [-0.39, 0.29) is 6.61 Å². The van der Waals surface area contributed by atoms with Gasteiger partial charge in [0.15, 0.2) is 0 Å². The molecule has 2 N–H and O–H groups in total. The predicted octanol–water partition coefficient (Wildman–Crippen LogP) is 1.33. The molecule has 1 aliphatic carbocycles. The number of aliphatic hydroxyl groups is 1. The van der Waals surface area contributed by atoms with E-state index in [2.05, 4.69) is 22.6 Å². The molecule has 0 bridgehead atoms. The molecule has 5 nitrogen and oxygen atoms in total. The fourth-order valence-electron chi connectivity index (χ4n) is 2.63. The predicted molar refractivity (Wildman–Crippen MR) is 70.0 cm³/mol. The molecule has 0 saturated heterocycles. The van der Waals surface area contributed by atoms with Gasteiger partial charge in [-0.2, -0.15) is 0 Å². The van der Waals surface area contributed by atoms with E-state index < -0.39 is 0 Å². The number of hydrogen-bond donors (Lipinski definition) is 2. The van der Waals surface area contributed by atoms with Crippen molar-refractivity contribution in [2.45, 2.75) is 58.2 Å². The molecule has 102 valence electrons. The summed E-state index contributed by atoms with van der Waals surface area (Å²) in [6.45, 7) is 4.08. The monoisotopic (exact) mass is 252 g/mol. The van der Waals surface area contributed by atoms with Gasteiger partial charge in [0.2, 0.25) is 0 Å². The maximum atomic E-state index is 8.76. The van der Waals surface area contributed by atoms with Gasteiger partial charge in [-0.25, -0.2) is 0 Å². The van der Waals surface area contributed by atoms with Crippen molar-refractivity contribution in [2.24, 2.45) is 5.92 Å². The molecule has 5 heteroatoms. The maximum absolute atomic E-state index is 8.76. The van der Waals surface area contributed by atoms with Crippen molar-refractivity contribution in [2.75, 3.05) is 6.61 Å². The van der Waals surface area contributed by atoms with Crippen LogP contribution >= 0.6 is 0 Å². The molecule has 1 fully saturated rings. The van der Waals surface area contributed by atoms with Crippen molar-refractivity contribution in [3.63, 3.8) is 0 Å². The summed E-state index contributed by atoms with van der Waals surface area (Å²) < 4.78 is 1.80. The van der Waals surface area contributed by atoms with Crippen LogP contribution in [0.1, 0.15) is 44.7 Å². The summed E-state index contributed by atoms with van der Waals surface area (Å²) in [5.41, 5.74) is 0.992. The zero-order valence-corrected chi connectivity index (χ0v) is 11.2. The summed E-state index contributed by atoms with van der Waals surface area (Å²) in [5, 5.41) is 20.5. The molecule has 0 aromatic carbocycles. The molecule has 0 spiro atoms. The second kappa shape index (κ2) is 6.85. The highest BCUT2D eigenvalue weighted by Gasteiger charge is 2.18. The van der Waals surface area contributed by atoms with E-state index in [1.54, 1.807) is 4.68 Å². The Bertz CT molecular complexity index is 353. The van der Waals surface area contributed by atoms with E-state index in [1.165, 1.54) is 25.7 Å². The number of aliphatic hydroxyl groups excluding tert-OH is 1. The Morgan fingerprint density at radius 2 is 2.39 bits per heavy atom. The van der Waals surface area contributed by atoms with Crippen LogP contribution in [0.15, 0.2) is 6.20 Å². The molecule has 1 aliphatic rings. The zero-order chi connectivity index (χ0) is 12.8. The normalized spacial score (nSPS) is 24.3. The molecule has 18 heavy (non-hydrogen) atoms. The van der Waals surface area contributed by atoms with Crippen molar-refractivity contribution < 1.29 is 5.11 Å². The van der Waals surface area contributed by atoms with Crippen LogP contribution in [0.4, 0.5) is 0 Å². The molecule has 1 heterocycles. The lowest BCUT2D eigenvalue weighted by molar-refractivity contribution is 0.276. The number of rotatable bonds is 6. The van der Waals surface area contributed by atoms with Crippen molar-refractivity contribution in [1.82, 2.24) is 20.3 Å². The van der Waals surface area contributed by atoms with Gasteiger partial charge in [0.25, 0.3) is 0 Å². The minimum Gasteiger partial charge on any atom is -0.396 e. The van der Waals surface area contributed by atoms with Crippen molar-refractivity contribution in [3.05, 3.63) is 11.9 Å². The minimum absolute atomic E-state index is 0.202. The first-order chi connectivity index (χ1) is 8.78. The number of nitrogens with one attached hydrogen (secondary N) is 1. The molecular formula is C13H24N4O. The summed E-state index contributed by atoms with van der Waals surface area (Å²) in [6, 6.07) is 0.636. The summed E-state index contributed by atoms with van der Waals surface area (Å²) in [7, 11) is 0. The van der Waals surface area contributed by atoms with E-state index in [1.807, 2.05) is 6.20 Å². The fourth-order valence-corrected chi connectivity index (χ4v) is 2.63. The summed E-state index contributed by atoms with van der Waals surface area (Å²) >= 11 is 0. The highest BCUT2D eigenvalue weighted by molar-refractivity contribution is 4.92. The van der Waals surface area contributed by atoms with Crippen LogP contribution in [0.3, 0.4) is 0 Å². The smallest absolute Gasteiger partial charge is 0.0964 e. The topological polar surface area (TPSA) is 63.0 Å². The molecule has 1 aromatic heterocycles. The first-order valence-corrected chi connectivity index (χ1v) is 7.01. The van der Waals surface area contributed by atoms with Crippen molar-refractivity contribution in [1.29, 1.82) is 0 Å². The van der Waals surface area contributed by atoms with Gasteiger partial charge < -0.3 is 10.4 Å². The third-order valence-corrected chi connectivity index (χ3v) is 3.64. The van der Waals surface area contributed by atoms with Crippen LogP contribution in [-0.2, 0) is 13.1 Å². The molecule has 2 rings (SSSR count). The van der Waals surface area contributed by atoms with Crippen molar-refractivity contribution >= 4 is 0 Å². The lowest BCUT2D eigenvalue weighted by Crippen LogP contribution is -2.33. The van der Waals surface area contributed by atoms with E-state index in [0.717, 1.165) is 31.1 Å². The first-order valence-electron chi connectivity index (χ1n) is 7.01. The van der Waals surface area contributed by atoms with Gasteiger partial charge in [-0.05, 0) is 25.2 Å². The molecule has 2 unspecified atom stereocenters. The van der Waals surface area contributed by atoms with Crippen LogP contribution in [0.2, 0.25) is 0 Å².